The molecule has 0 spiro atoms. The van der Waals surface area contributed by atoms with Crippen LogP contribution in [-0.4, -0.2) is 64.8 Å². The second-order valence-corrected chi connectivity index (χ2v) is 7.80. The van der Waals surface area contributed by atoms with Crippen LogP contribution in [0.15, 0.2) is 0 Å². The lowest BCUT2D eigenvalue weighted by molar-refractivity contribution is -0.163. The normalized spacial score (nSPS) is 12.0. The summed E-state index contributed by atoms with van der Waals surface area (Å²) in [5, 5.41) is 0. The van der Waals surface area contributed by atoms with Crippen molar-refractivity contribution in [2.45, 2.75) is 97.0 Å². The van der Waals surface area contributed by atoms with Gasteiger partial charge in [0.1, 0.15) is 6.61 Å². The quantitative estimate of drug-likeness (QED) is 0.164. The van der Waals surface area contributed by atoms with Crippen LogP contribution in [0.4, 0.5) is 0 Å². The van der Waals surface area contributed by atoms with E-state index in [4.69, 9.17) is 23.7 Å². The highest BCUT2D eigenvalue weighted by Crippen LogP contribution is 2.09. The zero-order valence-corrected chi connectivity index (χ0v) is 20.2. The van der Waals surface area contributed by atoms with E-state index < -0.39 is 6.10 Å². The lowest BCUT2D eigenvalue weighted by atomic mass is 10.1. The van der Waals surface area contributed by atoms with Crippen LogP contribution >= 0.6 is 0 Å². The van der Waals surface area contributed by atoms with E-state index in [9.17, 15) is 9.59 Å². The highest BCUT2D eigenvalue weighted by Gasteiger charge is 2.17. The number of unbranched alkanes of at least 4 members (excludes halogenated alkanes) is 8. The van der Waals surface area contributed by atoms with E-state index in [2.05, 4.69) is 13.8 Å². The first-order chi connectivity index (χ1) is 15.1. The average Bonchev–Trinajstić information content (AvgIpc) is 2.76. The van der Waals surface area contributed by atoms with Crippen LogP contribution in [0.2, 0.25) is 0 Å². The molecule has 0 aliphatic heterocycles. The SMILES string of the molecule is CCCCCCCC(=O)OCC(COCCOCCOC)OC(=O)CCCCCCC. The summed E-state index contributed by atoms with van der Waals surface area (Å²) >= 11 is 0. The minimum atomic E-state index is -0.592. The number of carbonyl (C=O) groups is 2. The van der Waals surface area contributed by atoms with Gasteiger partial charge in [-0.1, -0.05) is 65.2 Å². The molecule has 0 heterocycles. The van der Waals surface area contributed by atoms with Gasteiger partial charge in [-0.2, -0.15) is 0 Å². The Morgan fingerprint density at radius 2 is 1.19 bits per heavy atom. The van der Waals surface area contributed by atoms with Gasteiger partial charge in [-0.25, -0.2) is 0 Å². The molecule has 0 aromatic heterocycles. The van der Waals surface area contributed by atoms with E-state index in [1.807, 2.05) is 0 Å². The number of hydrogen-bond acceptors (Lipinski definition) is 7. The highest BCUT2D eigenvalue weighted by molar-refractivity contribution is 5.70. The summed E-state index contributed by atoms with van der Waals surface area (Å²) in [5.41, 5.74) is 0. The molecule has 31 heavy (non-hydrogen) atoms. The minimum Gasteiger partial charge on any atom is -0.462 e. The van der Waals surface area contributed by atoms with Crippen molar-refractivity contribution in [1.29, 1.82) is 0 Å². The average molecular weight is 447 g/mol. The lowest BCUT2D eigenvalue weighted by Crippen LogP contribution is -2.30. The van der Waals surface area contributed by atoms with Gasteiger partial charge in [0.2, 0.25) is 0 Å². The van der Waals surface area contributed by atoms with E-state index in [1.54, 1.807) is 7.11 Å². The maximum atomic E-state index is 12.2. The third-order valence-corrected chi connectivity index (χ3v) is 4.80. The third-order valence-electron chi connectivity index (χ3n) is 4.80. The first kappa shape index (κ1) is 29.8. The number of hydrogen-bond donors (Lipinski definition) is 0. The fraction of sp³-hybridized carbons (Fsp3) is 0.917. The zero-order chi connectivity index (χ0) is 23.0. The molecular formula is C24H46O7. The van der Waals surface area contributed by atoms with Crippen molar-refractivity contribution in [2.24, 2.45) is 0 Å². The maximum Gasteiger partial charge on any atom is 0.306 e. The van der Waals surface area contributed by atoms with Crippen LogP contribution in [0.5, 0.6) is 0 Å². The van der Waals surface area contributed by atoms with E-state index in [-0.39, 0.29) is 25.2 Å². The van der Waals surface area contributed by atoms with Gasteiger partial charge in [0.25, 0.3) is 0 Å². The Labute approximate surface area is 189 Å². The largest absolute Gasteiger partial charge is 0.462 e. The number of carbonyl (C=O) groups excluding carboxylic acids is 2. The zero-order valence-electron chi connectivity index (χ0n) is 20.2. The van der Waals surface area contributed by atoms with Crippen molar-refractivity contribution in [2.75, 3.05) is 46.8 Å². The molecule has 7 heteroatoms. The number of esters is 2. The molecule has 1 atom stereocenters. The monoisotopic (exact) mass is 446 g/mol. The second-order valence-electron chi connectivity index (χ2n) is 7.80. The Morgan fingerprint density at radius 3 is 1.81 bits per heavy atom. The third kappa shape index (κ3) is 21.8. The van der Waals surface area contributed by atoms with Gasteiger partial charge in [-0.05, 0) is 12.8 Å². The summed E-state index contributed by atoms with van der Waals surface area (Å²) < 4.78 is 26.7. The summed E-state index contributed by atoms with van der Waals surface area (Å²) in [7, 11) is 1.62. The summed E-state index contributed by atoms with van der Waals surface area (Å²) in [4.78, 5) is 24.1. The molecule has 0 bridgehead atoms. The van der Waals surface area contributed by atoms with Crippen molar-refractivity contribution in [3.63, 3.8) is 0 Å². The van der Waals surface area contributed by atoms with E-state index in [1.165, 1.54) is 25.7 Å². The molecule has 0 rings (SSSR count). The highest BCUT2D eigenvalue weighted by atomic mass is 16.6. The van der Waals surface area contributed by atoms with Crippen molar-refractivity contribution in [1.82, 2.24) is 0 Å². The summed E-state index contributed by atoms with van der Waals surface area (Å²) in [5.74, 6) is -0.517. The predicted octanol–water partition coefficient (Wildman–Crippen LogP) is 4.84. The molecule has 1 unspecified atom stereocenters. The first-order valence-corrected chi connectivity index (χ1v) is 12.1. The van der Waals surface area contributed by atoms with Crippen LogP contribution in [0.1, 0.15) is 90.9 Å². The molecule has 0 aromatic rings. The molecule has 7 nitrogen and oxygen atoms in total. The fourth-order valence-electron chi connectivity index (χ4n) is 2.94. The van der Waals surface area contributed by atoms with Gasteiger partial charge in [0.05, 0.1) is 33.0 Å². The van der Waals surface area contributed by atoms with Gasteiger partial charge < -0.3 is 23.7 Å². The minimum absolute atomic E-state index is 0.0277. The Kier molecular flexibility index (Phi) is 22.6. The molecule has 0 saturated carbocycles. The number of ether oxygens (including phenoxy) is 5. The molecule has 184 valence electrons. The van der Waals surface area contributed by atoms with Gasteiger partial charge >= 0.3 is 11.9 Å². The second kappa shape index (κ2) is 23.5. The summed E-state index contributed by atoms with van der Waals surface area (Å²) in [6.45, 7) is 6.37. The van der Waals surface area contributed by atoms with Crippen LogP contribution in [-0.2, 0) is 33.3 Å². The Hall–Kier alpha value is -1.18. The number of rotatable bonds is 23. The maximum absolute atomic E-state index is 12.2. The lowest BCUT2D eigenvalue weighted by Gasteiger charge is -2.18. The van der Waals surface area contributed by atoms with E-state index in [0.717, 1.165) is 38.5 Å². The van der Waals surface area contributed by atoms with Crippen molar-refractivity contribution in [3.05, 3.63) is 0 Å². The van der Waals surface area contributed by atoms with Crippen molar-refractivity contribution in [3.8, 4) is 0 Å². The fourth-order valence-corrected chi connectivity index (χ4v) is 2.94. The van der Waals surface area contributed by atoms with E-state index in [0.29, 0.717) is 39.3 Å². The smallest absolute Gasteiger partial charge is 0.306 e. The van der Waals surface area contributed by atoms with Gasteiger partial charge in [-0.3, -0.25) is 9.59 Å². The summed E-state index contributed by atoms with van der Waals surface area (Å²) in [6, 6.07) is 0. The molecule has 0 amide bonds. The van der Waals surface area contributed by atoms with Crippen molar-refractivity contribution >= 4 is 11.9 Å². The first-order valence-electron chi connectivity index (χ1n) is 12.1. The molecule has 0 fully saturated rings. The van der Waals surface area contributed by atoms with Gasteiger partial charge in [0.15, 0.2) is 6.10 Å². The Morgan fingerprint density at radius 1 is 0.645 bits per heavy atom. The van der Waals surface area contributed by atoms with Crippen LogP contribution < -0.4 is 0 Å². The molecule has 0 aliphatic carbocycles. The Balaban J connectivity index is 4.19. The molecule has 0 aliphatic rings. The van der Waals surface area contributed by atoms with Crippen LogP contribution in [0.3, 0.4) is 0 Å². The van der Waals surface area contributed by atoms with Crippen LogP contribution in [0.25, 0.3) is 0 Å². The van der Waals surface area contributed by atoms with Gasteiger partial charge in [0, 0.05) is 20.0 Å². The Bertz CT molecular complexity index is 415. The summed E-state index contributed by atoms with van der Waals surface area (Å²) in [6.07, 6.45) is 10.9. The van der Waals surface area contributed by atoms with Crippen LogP contribution in [0, 0.1) is 0 Å². The number of methoxy groups -OCH3 is 1. The van der Waals surface area contributed by atoms with Crippen molar-refractivity contribution < 1.29 is 33.3 Å². The molecule has 0 saturated heterocycles. The van der Waals surface area contributed by atoms with Gasteiger partial charge in [-0.15, -0.1) is 0 Å². The predicted molar refractivity (Wildman–Crippen MR) is 121 cm³/mol. The molecule has 0 radical (unpaired) electrons. The standard InChI is InChI=1S/C24H46O7/c1-4-6-8-10-12-14-23(25)30-21-22(20-29-19-18-28-17-16-27-3)31-24(26)15-13-11-9-7-5-2/h22H,4-21H2,1-3H3. The molecule has 0 aromatic carbocycles. The topological polar surface area (TPSA) is 80.3 Å². The van der Waals surface area contributed by atoms with E-state index >= 15 is 0 Å². The molecule has 0 N–H and O–H groups in total. The molecular weight excluding hydrogens is 400 g/mol.